The van der Waals surface area contributed by atoms with Crippen LogP contribution in [-0.4, -0.2) is 16.2 Å². The summed E-state index contributed by atoms with van der Waals surface area (Å²) in [4.78, 5) is 10.7. The minimum atomic E-state index is -1.63. The number of rotatable bonds is 2. The molecule has 5 heteroatoms. The Kier molecular flexibility index (Phi) is 2.44. The third kappa shape index (κ3) is 1.67. The van der Waals surface area contributed by atoms with Gasteiger partial charge in [0.1, 0.15) is 5.54 Å². The van der Waals surface area contributed by atoms with Crippen molar-refractivity contribution < 1.29 is 19.4 Å². The second-order valence-electron chi connectivity index (χ2n) is 3.17. The van der Waals surface area contributed by atoms with Crippen molar-refractivity contribution in [3.63, 3.8) is 0 Å². The van der Waals surface area contributed by atoms with E-state index in [9.17, 15) is 9.18 Å². The fourth-order valence-electron chi connectivity index (χ4n) is 0.959. The second-order valence-corrected chi connectivity index (χ2v) is 3.17. The fraction of sp³-hybridized carbons (Fsp3) is 0.222. The maximum absolute atomic E-state index is 12.6. The predicted octanol–water partition coefficient (Wildman–Crippen LogP) is 0.790. The number of phenols is 1. The maximum Gasteiger partial charge on any atom is 0.328 e. The summed E-state index contributed by atoms with van der Waals surface area (Å²) >= 11 is 0. The van der Waals surface area contributed by atoms with Gasteiger partial charge in [-0.1, -0.05) is 6.07 Å². The van der Waals surface area contributed by atoms with Crippen molar-refractivity contribution in [3.8, 4) is 5.75 Å². The molecule has 1 rings (SSSR count). The van der Waals surface area contributed by atoms with E-state index in [-0.39, 0.29) is 5.56 Å². The minimum Gasteiger partial charge on any atom is -0.505 e. The van der Waals surface area contributed by atoms with Gasteiger partial charge in [-0.3, -0.25) is 0 Å². The van der Waals surface area contributed by atoms with Crippen LogP contribution in [0.3, 0.4) is 0 Å². The molecule has 0 saturated carbocycles. The number of carboxylic acid groups (broad SMARTS) is 1. The van der Waals surface area contributed by atoms with Crippen LogP contribution < -0.4 is 5.73 Å². The van der Waals surface area contributed by atoms with E-state index in [1.807, 2.05) is 0 Å². The highest BCUT2D eigenvalue weighted by atomic mass is 19.1. The number of hydrogen-bond acceptors (Lipinski definition) is 3. The molecule has 0 bridgehead atoms. The Morgan fingerprint density at radius 2 is 2.14 bits per heavy atom. The molecule has 0 spiro atoms. The van der Waals surface area contributed by atoms with Crippen molar-refractivity contribution >= 4 is 5.97 Å². The number of hydrogen-bond donors (Lipinski definition) is 3. The Morgan fingerprint density at radius 1 is 1.57 bits per heavy atom. The van der Waals surface area contributed by atoms with E-state index < -0.39 is 23.1 Å². The van der Waals surface area contributed by atoms with Gasteiger partial charge in [-0.2, -0.15) is 0 Å². The molecule has 0 aliphatic heterocycles. The van der Waals surface area contributed by atoms with E-state index in [1.54, 1.807) is 0 Å². The molecule has 1 atom stereocenters. The molecular weight excluding hydrogens is 189 g/mol. The van der Waals surface area contributed by atoms with Gasteiger partial charge >= 0.3 is 5.97 Å². The van der Waals surface area contributed by atoms with Gasteiger partial charge in [0.25, 0.3) is 0 Å². The zero-order chi connectivity index (χ0) is 10.9. The predicted molar refractivity (Wildman–Crippen MR) is 47.2 cm³/mol. The Morgan fingerprint density at radius 3 is 2.57 bits per heavy atom. The number of aromatic hydroxyl groups is 1. The molecule has 0 saturated heterocycles. The number of nitrogens with two attached hydrogens (primary N) is 1. The normalized spacial score (nSPS) is 14.8. The standard InChI is InChI=1S/C9H10FNO3/c1-9(11,8(13)14)5-2-3-6(10)7(12)4-5/h2-4,12H,11H2,1H3,(H,13,14)/t9-/m0/s1. The smallest absolute Gasteiger partial charge is 0.328 e. The van der Waals surface area contributed by atoms with Crippen LogP contribution in [0.5, 0.6) is 5.75 Å². The Hall–Kier alpha value is -1.62. The van der Waals surface area contributed by atoms with Crippen molar-refractivity contribution in [1.29, 1.82) is 0 Å². The number of phenolic OH excluding ortho intramolecular Hbond substituents is 1. The molecule has 1 aromatic rings. The summed E-state index contributed by atoms with van der Waals surface area (Å²) in [5.74, 6) is -2.67. The van der Waals surface area contributed by atoms with Gasteiger partial charge in [0, 0.05) is 0 Å². The van der Waals surface area contributed by atoms with Crippen LogP contribution >= 0.6 is 0 Å². The molecule has 0 unspecified atom stereocenters. The maximum atomic E-state index is 12.6. The first-order valence-electron chi connectivity index (χ1n) is 3.87. The molecule has 0 fully saturated rings. The lowest BCUT2D eigenvalue weighted by Gasteiger charge is -2.19. The van der Waals surface area contributed by atoms with Crippen LogP contribution in [0.4, 0.5) is 4.39 Å². The summed E-state index contributed by atoms with van der Waals surface area (Å²) in [6.07, 6.45) is 0. The van der Waals surface area contributed by atoms with Crippen LogP contribution in [0, 0.1) is 5.82 Å². The number of carboxylic acids is 1. The van der Waals surface area contributed by atoms with Crippen molar-refractivity contribution in [2.75, 3.05) is 0 Å². The van der Waals surface area contributed by atoms with E-state index in [0.717, 1.165) is 12.1 Å². The van der Waals surface area contributed by atoms with Gasteiger partial charge in [-0.15, -0.1) is 0 Å². The first kappa shape index (κ1) is 10.5. The SMILES string of the molecule is C[C@@](N)(C(=O)O)c1ccc(F)c(O)c1. The lowest BCUT2D eigenvalue weighted by molar-refractivity contribution is -0.143. The minimum absolute atomic E-state index is 0.143. The highest BCUT2D eigenvalue weighted by molar-refractivity contribution is 5.80. The van der Waals surface area contributed by atoms with E-state index in [1.165, 1.54) is 13.0 Å². The molecule has 0 aliphatic carbocycles. The van der Waals surface area contributed by atoms with Crippen molar-refractivity contribution in [3.05, 3.63) is 29.6 Å². The average molecular weight is 199 g/mol. The summed E-state index contributed by atoms with van der Waals surface area (Å²) in [6.45, 7) is 1.27. The van der Waals surface area contributed by atoms with Crippen molar-refractivity contribution in [1.82, 2.24) is 0 Å². The summed E-state index contributed by atoms with van der Waals surface area (Å²) in [5.41, 5.74) is 3.98. The first-order chi connectivity index (χ1) is 6.35. The third-order valence-corrected chi connectivity index (χ3v) is 1.99. The number of halogens is 1. The van der Waals surface area contributed by atoms with E-state index >= 15 is 0 Å². The zero-order valence-electron chi connectivity index (χ0n) is 7.49. The molecule has 0 amide bonds. The summed E-state index contributed by atoms with van der Waals surface area (Å²) in [6, 6.07) is 3.20. The quantitative estimate of drug-likeness (QED) is 0.657. The van der Waals surface area contributed by atoms with Gasteiger partial charge in [-0.05, 0) is 24.6 Å². The number of benzene rings is 1. The first-order valence-corrected chi connectivity index (χ1v) is 3.87. The van der Waals surface area contributed by atoms with Crippen molar-refractivity contribution in [2.45, 2.75) is 12.5 Å². The van der Waals surface area contributed by atoms with Gasteiger partial charge in [0.2, 0.25) is 0 Å². The monoisotopic (exact) mass is 199 g/mol. The molecule has 1 aromatic carbocycles. The van der Waals surface area contributed by atoms with Gasteiger partial charge in [0.05, 0.1) is 0 Å². The largest absolute Gasteiger partial charge is 0.505 e. The van der Waals surface area contributed by atoms with Gasteiger partial charge in [0.15, 0.2) is 11.6 Å². The summed E-state index contributed by atoms with van der Waals surface area (Å²) in [7, 11) is 0. The lowest BCUT2D eigenvalue weighted by Crippen LogP contribution is -2.41. The Balaban J connectivity index is 3.21. The third-order valence-electron chi connectivity index (χ3n) is 1.99. The average Bonchev–Trinajstić information content (AvgIpc) is 2.09. The molecule has 76 valence electrons. The second kappa shape index (κ2) is 3.26. The summed E-state index contributed by atoms with van der Waals surface area (Å²) < 4.78 is 12.6. The molecule has 4 N–H and O–H groups in total. The van der Waals surface area contributed by atoms with Gasteiger partial charge < -0.3 is 15.9 Å². The van der Waals surface area contributed by atoms with E-state index in [4.69, 9.17) is 15.9 Å². The molecule has 14 heavy (non-hydrogen) atoms. The van der Waals surface area contributed by atoms with Crippen LogP contribution in [0.25, 0.3) is 0 Å². The number of aliphatic carboxylic acids is 1. The molecule has 0 aliphatic rings. The van der Waals surface area contributed by atoms with Crippen LogP contribution in [0.1, 0.15) is 12.5 Å². The fourth-order valence-corrected chi connectivity index (χ4v) is 0.959. The zero-order valence-corrected chi connectivity index (χ0v) is 7.49. The lowest BCUT2D eigenvalue weighted by atomic mass is 9.93. The molecule has 4 nitrogen and oxygen atoms in total. The molecular formula is C9H10FNO3. The van der Waals surface area contributed by atoms with Crippen LogP contribution in [-0.2, 0) is 10.3 Å². The van der Waals surface area contributed by atoms with Crippen molar-refractivity contribution in [2.24, 2.45) is 5.73 Å². The number of carbonyl (C=O) groups is 1. The van der Waals surface area contributed by atoms with Crippen LogP contribution in [0.15, 0.2) is 18.2 Å². The topological polar surface area (TPSA) is 83.6 Å². The molecule has 0 heterocycles. The van der Waals surface area contributed by atoms with Crippen LogP contribution in [0.2, 0.25) is 0 Å². The molecule has 0 radical (unpaired) electrons. The van der Waals surface area contributed by atoms with E-state index in [2.05, 4.69) is 0 Å². The molecule has 0 aromatic heterocycles. The van der Waals surface area contributed by atoms with Gasteiger partial charge in [-0.25, -0.2) is 9.18 Å². The highest BCUT2D eigenvalue weighted by Gasteiger charge is 2.30. The summed E-state index contributed by atoms with van der Waals surface area (Å²) in [5, 5.41) is 17.8. The van der Waals surface area contributed by atoms with E-state index in [0.29, 0.717) is 0 Å². The Labute approximate surface area is 79.8 Å². The Bertz CT molecular complexity index is 376. The highest BCUT2D eigenvalue weighted by Crippen LogP contribution is 2.24.